The molecule has 0 saturated carbocycles. The SMILES string of the molecule is Cc1noc(C)c1CNc1c(F)cccc1Br. The fraction of sp³-hybridized carbons (Fsp3) is 0.250. The summed E-state index contributed by atoms with van der Waals surface area (Å²) in [4.78, 5) is 0. The van der Waals surface area contributed by atoms with E-state index in [1.165, 1.54) is 6.07 Å². The molecule has 0 aliphatic heterocycles. The van der Waals surface area contributed by atoms with Crippen LogP contribution in [0.1, 0.15) is 17.0 Å². The predicted octanol–water partition coefficient (Wildman–Crippen LogP) is 3.81. The van der Waals surface area contributed by atoms with E-state index in [1.807, 2.05) is 13.8 Å². The quantitative estimate of drug-likeness (QED) is 0.936. The summed E-state index contributed by atoms with van der Waals surface area (Å²) in [5.41, 5.74) is 2.23. The Balaban J connectivity index is 2.18. The summed E-state index contributed by atoms with van der Waals surface area (Å²) >= 11 is 3.31. The van der Waals surface area contributed by atoms with E-state index in [-0.39, 0.29) is 5.82 Å². The molecule has 2 aromatic rings. The molecular weight excluding hydrogens is 287 g/mol. The predicted molar refractivity (Wildman–Crippen MR) is 67.4 cm³/mol. The van der Waals surface area contributed by atoms with Crippen LogP contribution in [-0.4, -0.2) is 5.16 Å². The van der Waals surface area contributed by atoms with Crippen LogP contribution in [0.3, 0.4) is 0 Å². The molecule has 3 nitrogen and oxygen atoms in total. The van der Waals surface area contributed by atoms with Crippen LogP contribution < -0.4 is 5.32 Å². The van der Waals surface area contributed by atoms with E-state index in [0.29, 0.717) is 16.7 Å². The first-order valence-corrected chi connectivity index (χ1v) is 5.98. The van der Waals surface area contributed by atoms with Crippen LogP contribution in [-0.2, 0) is 6.54 Å². The average Bonchev–Trinajstić information content (AvgIpc) is 2.59. The molecule has 1 N–H and O–H groups in total. The third-order valence-electron chi connectivity index (χ3n) is 2.59. The zero-order chi connectivity index (χ0) is 12.4. The van der Waals surface area contributed by atoms with E-state index in [0.717, 1.165) is 17.0 Å². The van der Waals surface area contributed by atoms with Crippen molar-refractivity contribution in [3.63, 3.8) is 0 Å². The van der Waals surface area contributed by atoms with E-state index < -0.39 is 0 Å². The number of nitrogens with zero attached hydrogens (tertiary/aromatic N) is 1. The fourth-order valence-electron chi connectivity index (χ4n) is 1.60. The monoisotopic (exact) mass is 298 g/mol. The highest BCUT2D eigenvalue weighted by molar-refractivity contribution is 9.10. The molecule has 90 valence electrons. The van der Waals surface area contributed by atoms with Gasteiger partial charge in [0.15, 0.2) is 0 Å². The van der Waals surface area contributed by atoms with E-state index in [2.05, 4.69) is 26.4 Å². The van der Waals surface area contributed by atoms with Gasteiger partial charge in [0.25, 0.3) is 0 Å². The van der Waals surface area contributed by atoms with Gasteiger partial charge in [-0.15, -0.1) is 0 Å². The van der Waals surface area contributed by atoms with Gasteiger partial charge in [-0.25, -0.2) is 4.39 Å². The van der Waals surface area contributed by atoms with E-state index in [9.17, 15) is 4.39 Å². The maximum absolute atomic E-state index is 13.5. The number of aromatic nitrogens is 1. The van der Waals surface area contributed by atoms with E-state index in [4.69, 9.17) is 4.52 Å². The lowest BCUT2D eigenvalue weighted by molar-refractivity contribution is 0.392. The highest BCUT2D eigenvalue weighted by Gasteiger charge is 2.11. The van der Waals surface area contributed by atoms with Crippen LogP contribution in [0.2, 0.25) is 0 Å². The number of halogens is 2. The van der Waals surface area contributed by atoms with Crippen LogP contribution >= 0.6 is 15.9 Å². The molecule has 5 heteroatoms. The molecule has 1 heterocycles. The fourth-order valence-corrected chi connectivity index (χ4v) is 2.08. The Morgan fingerprint density at radius 3 is 2.76 bits per heavy atom. The molecule has 0 fully saturated rings. The van der Waals surface area contributed by atoms with Crippen molar-refractivity contribution in [3.05, 3.63) is 45.5 Å². The van der Waals surface area contributed by atoms with Gasteiger partial charge in [-0.05, 0) is 41.9 Å². The lowest BCUT2D eigenvalue weighted by atomic mass is 10.2. The minimum Gasteiger partial charge on any atom is -0.377 e. The van der Waals surface area contributed by atoms with Crippen LogP contribution in [0, 0.1) is 19.7 Å². The first kappa shape index (κ1) is 12.1. The van der Waals surface area contributed by atoms with Gasteiger partial charge in [-0.1, -0.05) is 11.2 Å². The number of hydrogen-bond acceptors (Lipinski definition) is 3. The Labute approximate surface area is 107 Å². The third kappa shape index (κ3) is 2.49. The average molecular weight is 299 g/mol. The summed E-state index contributed by atoms with van der Waals surface area (Å²) in [7, 11) is 0. The maximum Gasteiger partial charge on any atom is 0.147 e. The molecule has 17 heavy (non-hydrogen) atoms. The largest absolute Gasteiger partial charge is 0.377 e. The highest BCUT2D eigenvalue weighted by Crippen LogP contribution is 2.26. The lowest BCUT2D eigenvalue weighted by Gasteiger charge is -2.09. The molecule has 0 bridgehead atoms. The molecule has 0 saturated heterocycles. The summed E-state index contributed by atoms with van der Waals surface area (Å²) in [5.74, 6) is 0.466. The number of benzene rings is 1. The van der Waals surface area contributed by atoms with Gasteiger partial charge in [0, 0.05) is 16.6 Å². The van der Waals surface area contributed by atoms with Gasteiger partial charge >= 0.3 is 0 Å². The zero-order valence-corrected chi connectivity index (χ0v) is 11.1. The second kappa shape index (κ2) is 4.87. The summed E-state index contributed by atoms with van der Waals surface area (Å²) in [6.45, 7) is 4.19. The summed E-state index contributed by atoms with van der Waals surface area (Å²) < 4.78 is 19.3. The minimum absolute atomic E-state index is 0.286. The topological polar surface area (TPSA) is 38.1 Å². The van der Waals surface area contributed by atoms with Crippen molar-refractivity contribution in [1.29, 1.82) is 0 Å². The van der Waals surface area contributed by atoms with Gasteiger partial charge in [0.2, 0.25) is 0 Å². The molecule has 0 unspecified atom stereocenters. The Bertz CT molecular complexity index is 500. The van der Waals surface area contributed by atoms with Crippen molar-refractivity contribution in [2.45, 2.75) is 20.4 Å². The van der Waals surface area contributed by atoms with Crippen LogP contribution in [0.25, 0.3) is 0 Å². The molecule has 0 radical (unpaired) electrons. The Kier molecular flexibility index (Phi) is 3.47. The van der Waals surface area contributed by atoms with Crippen molar-refractivity contribution in [2.75, 3.05) is 5.32 Å². The van der Waals surface area contributed by atoms with Crippen LogP contribution in [0.15, 0.2) is 27.2 Å². The van der Waals surface area contributed by atoms with Crippen LogP contribution in [0.5, 0.6) is 0 Å². The minimum atomic E-state index is -0.286. The molecule has 0 atom stereocenters. The Morgan fingerprint density at radius 1 is 1.41 bits per heavy atom. The zero-order valence-electron chi connectivity index (χ0n) is 9.55. The van der Waals surface area contributed by atoms with Gasteiger partial charge < -0.3 is 9.84 Å². The molecule has 0 aliphatic rings. The number of para-hydroxylation sites is 1. The second-order valence-electron chi connectivity index (χ2n) is 3.75. The highest BCUT2D eigenvalue weighted by atomic mass is 79.9. The van der Waals surface area contributed by atoms with E-state index >= 15 is 0 Å². The van der Waals surface area contributed by atoms with Gasteiger partial charge in [0.05, 0.1) is 11.4 Å². The maximum atomic E-state index is 13.5. The summed E-state index contributed by atoms with van der Waals surface area (Å²) in [6.07, 6.45) is 0. The van der Waals surface area contributed by atoms with Crippen molar-refractivity contribution >= 4 is 21.6 Å². The van der Waals surface area contributed by atoms with Crippen molar-refractivity contribution in [2.24, 2.45) is 0 Å². The number of rotatable bonds is 3. The molecule has 0 spiro atoms. The molecule has 0 amide bonds. The van der Waals surface area contributed by atoms with Crippen molar-refractivity contribution < 1.29 is 8.91 Å². The van der Waals surface area contributed by atoms with Crippen molar-refractivity contribution in [1.82, 2.24) is 5.16 Å². The van der Waals surface area contributed by atoms with Gasteiger partial charge in [0.1, 0.15) is 11.6 Å². The van der Waals surface area contributed by atoms with E-state index in [1.54, 1.807) is 12.1 Å². The first-order valence-electron chi connectivity index (χ1n) is 5.19. The molecule has 0 aliphatic carbocycles. The normalized spacial score (nSPS) is 10.6. The molecule has 1 aromatic carbocycles. The van der Waals surface area contributed by atoms with Crippen molar-refractivity contribution in [3.8, 4) is 0 Å². The third-order valence-corrected chi connectivity index (χ3v) is 3.25. The van der Waals surface area contributed by atoms with Crippen LogP contribution in [0.4, 0.5) is 10.1 Å². The number of aryl methyl sites for hydroxylation is 2. The number of hydrogen-bond donors (Lipinski definition) is 1. The Hall–Kier alpha value is -1.36. The van der Waals surface area contributed by atoms with Gasteiger partial charge in [-0.3, -0.25) is 0 Å². The summed E-state index contributed by atoms with van der Waals surface area (Å²) in [6, 6.07) is 4.86. The number of anilines is 1. The Morgan fingerprint density at radius 2 is 2.18 bits per heavy atom. The lowest BCUT2D eigenvalue weighted by Crippen LogP contribution is -2.03. The first-order chi connectivity index (χ1) is 8.09. The second-order valence-corrected chi connectivity index (χ2v) is 4.61. The molecule has 1 aromatic heterocycles. The number of nitrogens with one attached hydrogen (secondary N) is 1. The molecular formula is C12H12BrFN2O. The standard InChI is InChI=1S/C12H12BrFN2O/c1-7-9(8(2)17-16-7)6-15-12-10(13)4-3-5-11(12)14/h3-5,15H,6H2,1-2H3. The summed E-state index contributed by atoms with van der Waals surface area (Å²) in [5, 5.41) is 6.90. The van der Waals surface area contributed by atoms with Gasteiger partial charge in [-0.2, -0.15) is 0 Å². The molecule has 2 rings (SSSR count). The smallest absolute Gasteiger partial charge is 0.147 e.